The van der Waals surface area contributed by atoms with Crippen LogP contribution in [0.3, 0.4) is 0 Å². The van der Waals surface area contributed by atoms with Crippen LogP contribution in [0.4, 0.5) is 13.2 Å². The van der Waals surface area contributed by atoms with Crippen LogP contribution in [-0.2, 0) is 15.7 Å². The number of carbonyl (C=O) groups is 1. The molecule has 0 unspecified atom stereocenters. The Balaban J connectivity index is 2.26. The van der Waals surface area contributed by atoms with Gasteiger partial charge in [0.25, 0.3) is 0 Å². The number of rotatable bonds is 2. The van der Waals surface area contributed by atoms with Gasteiger partial charge >= 0.3 is 6.18 Å². The Bertz CT molecular complexity index is 593. The van der Waals surface area contributed by atoms with Crippen LogP contribution >= 0.6 is 15.9 Å². The van der Waals surface area contributed by atoms with Crippen molar-refractivity contribution in [1.82, 2.24) is 14.7 Å². The fraction of sp³-hybridized carbons (Fsp3) is 0.714. The van der Waals surface area contributed by atoms with E-state index in [-0.39, 0.29) is 28.3 Å². The van der Waals surface area contributed by atoms with Gasteiger partial charge in [-0.1, -0.05) is 0 Å². The van der Waals surface area contributed by atoms with Gasteiger partial charge in [-0.15, -0.1) is 0 Å². The summed E-state index contributed by atoms with van der Waals surface area (Å²) in [5.41, 5.74) is -0.745. The first-order chi connectivity index (χ1) is 10.5. The zero-order valence-corrected chi connectivity index (χ0v) is 14.9. The molecule has 3 atom stereocenters. The van der Waals surface area contributed by atoms with E-state index >= 15 is 0 Å². The topological polar surface area (TPSA) is 47.4 Å². The van der Waals surface area contributed by atoms with E-state index in [1.54, 1.807) is 11.8 Å². The highest BCUT2D eigenvalue weighted by Gasteiger charge is 2.39. The summed E-state index contributed by atoms with van der Waals surface area (Å²) in [6.45, 7) is 7.61. The van der Waals surface area contributed by atoms with Crippen LogP contribution in [0.25, 0.3) is 0 Å². The zero-order chi connectivity index (χ0) is 17.5. The Morgan fingerprint density at radius 2 is 1.87 bits per heavy atom. The minimum absolute atomic E-state index is 0.105. The van der Waals surface area contributed by atoms with Gasteiger partial charge in [-0.25, -0.2) is 0 Å². The minimum atomic E-state index is -4.57. The second-order valence-electron chi connectivity index (χ2n) is 5.87. The minimum Gasteiger partial charge on any atom is -0.372 e. The molecule has 130 valence electrons. The molecule has 1 fully saturated rings. The molecule has 23 heavy (non-hydrogen) atoms. The number of nitrogens with zero attached hydrogens (tertiary/aromatic N) is 3. The quantitative estimate of drug-likeness (QED) is 0.769. The summed E-state index contributed by atoms with van der Waals surface area (Å²) in [6.07, 6.45) is -4.78. The third-order valence-corrected chi connectivity index (χ3v) is 4.75. The van der Waals surface area contributed by atoms with Gasteiger partial charge in [0.1, 0.15) is 6.04 Å². The molecule has 0 aromatic carbocycles. The van der Waals surface area contributed by atoms with E-state index < -0.39 is 17.9 Å². The summed E-state index contributed by atoms with van der Waals surface area (Å²) in [4.78, 5) is 14.2. The van der Waals surface area contributed by atoms with E-state index in [2.05, 4.69) is 21.0 Å². The first kappa shape index (κ1) is 18.3. The fourth-order valence-corrected chi connectivity index (χ4v) is 3.27. The van der Waals surface area contributed by atoms with Crippen molar-refractivity contribution in [2.24, 2.45) is 0 Å². The molecule has 0 saturated carbocycles. The number of halogens is 4. The second-order valence-corrected chi connectivity index (χ2v) is 6.66. The monoisotopic (exact) mass is 397 g/mol. The predicted octanol–water partition coefficient (Wildman–Crippen LogP) is 3.17. The van der Waals surface area contributed by atoms with Gasteiger partial charge in [-0.2, -0.15) is 18.3 Å². The van der Waals surface area contributed by atoms with Gasteiger partial charge in [0, 0.05) is 13.1 Å². The summed E-state index contributed by atoms with van der Waals surface area (Å²) < 4.78 is 45.4. The van der Waals surface area contributed by atoms with E-state index in [0.717, 1.165) is 4.68 Å². The van der Waals surface area contributed by atoms with E-state index in [1.165, 1.54) is 6.92 Å². The maximum Gasteiger partial charge on any atom is 0.436 e. The molecule has 1 aliphatic rings. The molecular weight excluding hydrogens is 379 g/mol. The normalized spacial score (nSPS) is 23.9. The number of hydrogen-bond donors (Lipinski definition) is 0. The van der Waals surface area contributed by atoms with Crippen molar-refractivity contribution in [1.29, 1.82) is 0 Å². The van der Waals surface area contributed by atoms with Crippen molar-refractivity contribution in [3.05, 3.63) is 15.9 Å². The van der Waals surface area contributed by atoms with Crippen LogP contribution in [0.5, 0.6) is 0 Å². The molecule has 1 aliphatic heterocycles. The van der Waals surface area contributed by atoms with Gasteiger partial charge in [-0.05, 0) is 43.6 Å². The Morgan fingerprint density at radius 1 is 1.35 bits per heavy atom. The zero-order valence-electron chi connectivity index (χ0n) is 13.3. The van der Waals surface area contributed by atoms with Gasteiger partial charge in [0.05, 0.1) is 22.4 Å². The van der Waals surface area contributed by atoms with Crippen molar-refractivity contribution in [3.63, 3.8) is 0 Å². The van der Waals surface area contributed by atoms with Gasteiger partial charge in [0.2, 0.25) is 5.91 Å². The lowest BCUT2D eigenvalue weighted by Gasteiger charge is -2.36. The summed E-state index contributed by atoms with van der Waals surface area (Å²) in [6, 6.07) is -0.820. The Morgan fingerprint density at radius 3 is 2.30 bits per heavy atom. The lowest BCUT2D eigenvalue weighted by atomic mass is 10.2. The maximum atomic E-state index is 12.9. The lowest BCUT2D eigenvalue weighted by molar-refractivity contribution is -0.147. The summed E-state index contributed by atoms with van der Waals surface area (Å²) >= 11 is 2.92. The number of ether oxygens (including phenoxy) is 1. The van der Waals surface area contributed by atoms with Crippen molar-refractivity contribution >= 4 is 21.8 Å². The molecule has 1 aromatic heterocycles. The lowest BCUT2D eigenvalue weighted by Crippen LogP contribution is -2.50. The smallest absolute Gasteiger partial charge is 0.372 e. The average molecular weight is 398 g/mol. The fourth-order valence-electron chi connectivity index (χ4n) is 2.78. The van der Waals surface area contributed by atoms with Gasteiger partial charge in [-0.3, -0.25) is 9.48 Å². The summed E-state index contributed by atoms with van der Waals surface area (Å²) in [5, 5.41) is 3.60. The van der Waals surface area contributed by atoms with E-state index in [4.69, 9.17) is 4.74 Å². The van der Waals surface area contributed by atoms with Crippen LogP contribution < -0.4 is 0 Å². The number of amides is 1. The first-order valence-electron chi connectivity index (χ1n) is 7.28. The number of morpholine rings is 1. The Hall–Kier alpha value is -1.09. The SMILES string of the molecule is Cc1c(Br)c(C(F)(F)F)nn1[C@H](C)C(=O)N1C[C@@H](C)O[C@@H](C)C1. The predicted molar refractivity (Wildman–Crippen MR) is 81.0 cm³/mol. The van der Waals surface area contributed by atoms with Crippen LogP contribution in [0, 0.1) is 6.92 Å². The largest absolute Gasteiger partial charge is 0.436 e. The van der Waals surface area contributed by atoms with Crippen molar-refractivity contribution < 1.29 is 22.7 Å². The number of hydrogen-bond acceptors (Lipinski definition) is 3. The molecule has 0 radical (unpaired) electrons. The summed E-state index contributed by atoms with van der Waals surface area (Å²) in [7, 11) is 0. The molecule has 9 heteroatoms. The molecule has 1 saturated heterocycles. The molecule has 0 N–H and O–H groups in total. The first-order valence-corrected chi connectivity index (χ1v) is 8.07. The molecule has 0 aliphatic carbocycles. The average Bonchev–Trinajstić information content (AvgIpc) is 2.72. The van der Waals surface area contributed by atoms with Crippen LogP contribution in [-0.4, -0.2) is 45.9 Å². The molecule has 1 amide bonds. The molecule has 1 aromatic rings. The molecule has 2 rings (SSSR count). The third-order valence-electron chi connectivity index (χ3n) is 3.80. The van der Waals surface area contributed by atoms with Gasteiger partial charge < -0.3 is 9.64 Å². The van der Waals surface area contributed by atoms with Crippen LogP contribution in [0.1, 0.15) is 38.2 Å². The van der Waals surface area contributed by atoms with Crippen LogP contribution in [0.2, 0.25) is 0 Å². The van der Waals surface area contributed by atoms with E-state index in [1.807, 2.05) is 13.8 Å². The molecule has 2 heterocycles. The Kier molecular flexibility index (Phi) is 5.10. The highest BCUT2D eigenvalue weighted by molar-refractivity contribution is 9.10. The standard InChI is InChI=1S/C14H19BrF3N3O2/c1-7-5-20(6-8(2)23-7)13(22)10(4)21-9(3)11(15)12(19-21)14(16,17)18/h7-8,10H,5-6H2,1-4H3/t7-,8+,10-/m1/s1. The number of aromatic nitrogens is 2. The molecule has 5 nitrogen and oxygen atoms in total. The third kappa shape index (κ3) is 3.71. The second kappa shape index (κ2) is 6.43. The maximum absolute atomic E-state index is 12.9. The number of alkyl halides is 3. The van der Waals surface area contributed by atoms with Crippen molar-refractivity contribution in [2.75, 3.05) is 13.1 Å². The highest BCUT2D eigenvalue weighted by atomic mass is 79.9. The van der Waals surface area contributed by atoms with Crippen molar-refractivity contribution in [2.45, 2.75) is 52.1 Å². The van der Waals surface area contributed by atoms with E-state index in [9.17, 15) is 18.0 Å². The molecule has 0 bridgehead atoms. The molecular formula is C14H19BrF3N3O2. The van der Waals surface area contributed by atoms with Crippen LogP contribution in [0.15, 0.2) is 4.47 Å². The Labute approximate surface area is 140 Å². The van der Waals surface area contributed by atoms with Gasteiger partial charge in [0.15, 0.2) is 5.69 Å². The molecule has 0 spiro atoms. The summed E-state index contributed by atoms with van der Waals surface area (Å²) in [5.74, 6) is -0.265. The van der Waals surface area contributed by atoms with Crippen molar-refractivity contribution in [3.8, 4) is 0 Å². The highest BCUT2D eigenvalue weighted by Crippen LogP contribution is 2.36. The van der Waals surface area contributed by atoms with E-state index in [0.29, 0.717) is 13.1 Å². The number of carbonyl (C=O) groups excluding carboxylic acids is 1.